The lowest BCUT2D eigenvalue weighted by Crippen LogP contribution is -2.01. The molecule has 0 bridgehead atoms. The molecule has 0 fully saturated rings. The summed E-state index contributed by atoms with van der Waals surface area (Å²) in [5.41, 5.74) is 3.02. The first-order valence-electron chi connectivity index (χ1n) is 6.23. The molecule has 1 atom stereocenters. The molecule has 0 amide bonds. The van der Waals surface area contributed by atoms with Crippen molar-refractivity contribution in [3.05, 3.63) is 71.3 Å². The summed E-state index contributed by atoms with van der Waals surface area (Å²) < 4.78 is 0. The van der Waals surface area contributed by atoms with Crippen LogP contribution in [-0.4, -0.2) is 10.2 Å². The summed E-state index contributed by atoms with van der Waals surface area (Å²) in [6.45, 7) is 2.16. The van der Waals surface area contributed by atoms with E-state index >= 15 is 0 Å². The maximum absolute atomic E-state index is 9.08. The third-order valence-electron chi connectivity index (χ3n) is 3.25. The summed E-state index contributed by atoms with van der Waals surface area (Å²) in [6.07, 6.45) is -0.374. The minimum Gasteiger partial charge on any atom is -0.364 e. The number of benzene rings is 2. The van der Waals surface area contributed by atoms with Gasteiger partial charge in [0.05, 0.1) is 0 Å². The van der Waals surface area contributed by atoms with Gasteiger partial charge in [0.1, 0.15) is 0 Å². The SMILES string of the molecule is CCC(c1ccccc1)c1ccc(C(O)O)cc1. The lowest BCUT2D eigenvalue weighted by Gasteiger charge is -2.16. The van der Waals surface area contributed by atoms with Gasteiger partial charge in [-0.1, -0.05) is 61.5 Å². The molecule has 1 unspecified atom stereocenters. The second-order valence-corrected chi connectivity index (χ2v) is 4.41. The molecule has 0 aliphatic rings. The zero-order valence-electron chi connectivity index (χ0n) is 10.5. The molecule has 0 saturated carbocycles. The van der Waals surface area contributed by atoms with Gasteiger partial charge in [-0.2, -0.15) is 0 Å². The maximum Gasteiger partial charge on any atom is 0.178 e. The molecule has 2 aromatic rings. The van der Waals surface area contributed by atoms with E-state index in [1.165, 1.54) is 11.1 Å². The molecular weight excluding hydrogens is 224 g/mol. The number of hydrogen-bond acceptors (Lipinski definition) is 2. The van der Waals surface area contributed by atoms with E-state index in [9.17, 15) is 0 Å². The van der Waals surface area contributed by atoms with Gasteiger partial charge in [-0.25, -0.2) is 0 Å². The van der Waals surface area contributed by atoms with Crippen molar-refractivity contribution in [3.8, 4) is 0 Å². The van der Waals surface area contributed by atoms with Crippen molar-refractivity contribution in [3.63, 3.8) is 0 Å². The van der Waals surface area contributed by atoms with Crippen molar-refractivity contribution in [1.82, 2.24) is 0 Å². The van der Waals surface area contributed by atoms with Crippen molar-refractivity contribution < 1.29 is 10.2 Å². The van der Waals surface area contributed by atoms with Crippen LogP contribution in [0.4, 0.5) is 0 Å². The molecule has 2 rings (SSSR count). The lowest BCUT2D eigenvalue weighted by molar-refractivity contribution is -0.0424. The number of rotatable bonds is 4. The zero-order valence-corrected chi connectivity index (χ0v) is 10.5. The third-order valence-corrected chi connectivity index (χ3v) is 3.25. The van der Waals surface area contributed by atoms with Crippen molar-refractivity contribution in [1.29, 1.82) is 0 Å². The smallest absolute Gasteiger partial charge is 0.178 e. The largest absolute Gasteiger partial charge is 0.364 e. The average molecular weight is 242 g/mol. The first-order chi connectivity index (χ1) is 8.72. The molecule has 2 nitrogen and oxygen atoms in total. The Bertz CT molecular complexity index is 474. The van der Waals surface area contributed by atoms with Crippen LogP contribution in [0.3, 0.4) is 0 Å². The minimum atomic E-state index is -1.39. The minimum absolute atomic E-state index is 0.357. The fourth-order valence-corrected chi connectivity index (χ4v) is 2.25. The molecule has 0 aliphatic heterocycles. The summed E-state index contributed by atoms with van der Waals surface area (Å²) in [7, 11) is 0. The van der Waals surface area contributed by atoms with Crippen molar-refractivity contribution in [2.24, 2.45) is 0 Å². The van der Waals surface area contributed by atoms with Gasteiger partial charge < -0.3 is 10.2 Å². The molecule has 2 N–H and O–H groups in total. The first kappa shape index (κ1) is 12.8. The van der Waals surface area contributed by atoms with Gasteiger partial charge in [-0.05, 0) is 17.5 Å². The van der Waals surface area contributed by atoms with Crippen LogP contribution in [-0.2, 0) is 0 Å². The fourth-order valence-electron chi connectivity index (χ4n) is 2.25. The standard InChI is InChI=1S/C16H18O2/c1-2-15(12-6-4-3-5-7-12)13-8-10-14(11-9-13)16(17)18/h3-11,15-18H,2H2,1H3. The van der Waals surface area contributed by atoms with Crippen LogP contribution in [0.15, 0.2) is 54.6 Å². The Morgan fingerprint density at radius 3 is 1.78 bits per heavy atom. The highest BCUT2D eigenvalue weighted by Gasteiger charge is 2.12. The van der Waals surface area contributed by atoms with Crippen molar-refractivity contribution in [2.75, 3.05) is 0 Å². The number of aliphatic hydroxyl groups is 2. The van der Waals surface area contributed by atoms with Gasteiger partial charge in [0.15, 0.2) is 6.29 Å². The summed E-state index contributed by atoms with van der Waals surface area (Å²) in [6, 6.07) is 17.8. The fraction of sp³-hybridized carbons (Fsp3) is 0.250. The second-order valence-electron chi connectivity index (χ2n) is 4.41. The first-order valence-corrected chi connectivity index (χ1v) is 6.23. The molecule has 0 aromatic heterocycles. The van der Waals surface area contributed by atoms with E-state index in [-0.39, 0.29) is 0 Å². The highest BCUT2D eigenvalue weighted by molar-refractivity contribution is 5.34. The zero-order chi connectivity index (χ0) is 13.0. The van der Waals surface area contributed by atoms with E-state index in [2.05, 4.69) is 19.1 Å². The molecule has 0 aliphatic carbocycles. The molecule has 0 spiro atoms. The normalized spacial score (nSPS) is 12.7. The van der Waals surface area contributed by atoms with Crippen LogP contribution in [0, 0.1) is 0 Å². The summed E-state index contributed by atoms with van der Waals surface area (Å²) >= 11 is 0. The molecule has 94 valence electrons. The van der Waals surface area contributed by atoms with Gasteiger partial charge in [0.25, 0.3) is 0 Å². The van der Waals surface area contributed by atoms with E-state index in [4.69, 9.17) is 10.2 Å². The van der Waals surface area contributed by atoms with Crippen LogP contribution in [0.5, 0.6) is 0 Å². The van der Waals surface area contributed by atoms with Gasteiger partial charge in [0.2, 0.25) is 0 Å². The molecule has 0 saturated heterocycles. The van der Waals surface area contributed by atoms with Gasteiger partial charge in [-0.15, -0.1) is 0 Å². The molecule has 0 radical (unpaired) electrons. The Labute approximate surface area is 108 Å². The highest BCUT2D eigenvalue weighted by atomic mass is 16.5. The Morgan fingerprint density at radius 1 is 0.778 bits per heavy atom. The molecule has 18 heavy (non-hydrogen) atoms. The number of aliphatic hydroxyl groups excluding tert-OH is 1. The van der Waals surface area contributed by atoms with E-state index in [0.29, 0.717) is 11.5 Å². The van der Waals surface area contributed by atoms with E-state index in [1.807, 2.05) is 30.3 Å². The lowest BCUT2D eigenvalue weighted by atomic mass is 9.89. The quantitative estimate of drug-likeness (QED) is 0.808. The summed E-state index contributed by atoms with van der Waals surface area (Å²) in [5, 5.41) is 18.2. The van der Waals surface area contributed by atoms with Gasteiger partial charge in [-0.3, -0.25) is 0 Å². The number of hydrogen-bond donors (Lipinski definition) is 2. The molecule has 2 aromatic carbocycles. The molecule has 0 heterocycles. The predicted octanol–water partition coefficient (Wildman–Crippen LogP) is 3.21. The Morgan fingerprint density at radius 2 is 1.28 bits per heavy atom. The monoisotopic (exact) mass is 242 g/mol. The van der Waals surface area contributed by atoms with Gasteiger partial charge in [0, 0.05) is 11.5 Å². The van der Waals surface area contributed by atoms with E-state index < -0.39 is 6.29 Å². The summed E-state index contributed by atoms with van der Waals surface area (Å²) in [5.74, 6) is 0.357. The van der Waals surface area contributed by atoms with Crippen LogP contribution in [0.25, 0.3) is 0 Å². The van der Waals surface area contributed by atoms with Crippen molar-refractivity contribution >= 4 is 0 Å². The highest BCUT2D eigenvalue weighted by Crippen LogP contribution is 2.28. The van der Waals surface area contributed by atoms with E-state index in [1.54, 1.807) is 12.1 Å². The predicted molar refractivity (Wildman–Crippen MR) is 72.2 cm³/mol. The third kappa shape index (κ3) is 2.78. The van der Waals surface area contributed by atoms with Crippen LogP contribution >= 0.6 is 0 Å². The second kappa shape index (κ2) is 5.80. The molecule has 2 heteroatoms. The maximum atomic E-state index is 9.08. The van der Waals surface area contributed by atoms with Gasteiger partial charge >= 0.3 is 0 Å². The Kier molecular flexibility index (Phi) is 4.13. The summed E-state index contributed by atoms with van der Waals surface area (Å²) in [4.78, 5) is 0. The van der Waals surface area contributed by atoms with Crippen molar-refractivity contribution in [2.45, 2.75) is 25.6 Å². The van der Waals surface area contributed by atoms with Crippen LogP contribution in [0.1, 0.15) is 42.2 Å². The topological polar surface area (TPSA) is 40.5 Å². The van der Waals surface area contributed by atoms with Crippen LogP contribution < -0.4 is 0 Å². The van der Waals surface area contributed by atoms with Crippen LogP contribution in [0.2, 0.25) is 0 Å². The molecular formula is C16H18O2. The van der Waals surface area contributed by atoms with E-state index in [0.717, 1.165) is 6.42 Å². The Balaban J connectivity index is 2.28. The Hall–Kier alpha value is -1.64. The average Bonchev–Trinajstić information content (AvgIpc) is 2.41.